The van der Waals surface area contributed by atoms with Gasteiger partial charge in [-0.3, -0.25) is 0 Å². The Hall–Kier alpha value is 0.0900. The molecule has 1 heteroatoms. The van der Waals surface area contributed by atoms with Gasteiger partial charge in [0.05, 0.1) is 0 Å². The van der Waals surface area contributed by atoms with Crippen LogP contribution >= 0.6 is 11.8 Å². The molecule has 0 aliphatic heterocycles. The molecule has 0 heterocycles. The van der Waals surface area contributed by atoms with Crippen molar-refractivity contribution >= 4 is 11.8 Å². The Labute approximate surface area is 101 Å². The van der Waals surface area contributed by atoms with Gasteiger partial charge in [-0.05, 0) is 42.3 Å². The van der Waals surface area contributed by atoms with E-state index < -0.39 is 0 Å². The van der Waals surface area contributed by atoms with Gasteiger partial charge in [-0.15, -0.1) is 11.8 Å². The van der Waals surface area contributed by atoms with Crippen LogP contribution in [0.4, 0.5) is 0 Å². The second-order valence-corrected chi connectivity index (χ2v) is 5.61. The average Bonchev–Trinajstić information content (AvgIpc) is 2.19. The third-order valence-electron chi connectivity index (χ3n) is 3.21. The van der Waals surface area contributed by atoms with Gasteiger partial charge in [0.1, 0.15) is 0 Å². The third kappa shape index (κ3) is 6.29. The minimum absolute atomic E-state index is 0.633. The second kappa shape index (κ2) is 9.33. The van der Waals surface area contributed by atoms with Gasteiger partial charge in [0, 0.05) is 0 Å². The first-order valence-corrected chi connectivity index (χ1v) is 7.52. The lowest BCUT2D eigenvalue weighted by Crippen LogP contribution is -2.21. The summed E-state index contributed by atoms with van der Waals surface area (Å²) in [5.41, 5.74) is 0.633. The molecule has 0 saturated carbocycles. The van der Waals surface area contributed by atoms with E-state index in [0.29, 0.717) is 5.41 Å². The highest BCUT2D eigenvalue weighted by Crippen LogP contribution is 2.39. The molecule has 15 heavy (non-hydrogen) atoms. The van der Waals surface area contributed by atoms with Crippen LogP contribution in [-0.2, 0) is 0 Å². The maximum Gasteiger partial charge on any atom is -0.00209 e. The van der Waals surface area contributed by atoms with Crippen molar-refractivity contribution in [3.05, 3.63) is 12.0 Å². The monoisotopic (exact) mass is 228 g/mol. The highest BCUT2D eigenvalue weighted by atomic mass is 32.2. The maximum atomic E-state index is 3.78. The summed E-state index contributed by atoms with van der Waals surface area (Å²) in [6.07, 6.45) is 9.60. The summed E-state index contributed by atoms with van der Waals surface area (Å²) in [4.78, 5) is 0. The molecule has 0 rings (SSSR count). The molecular weight excluding hydrogens is 200 g/mol. The van der Waals surface area contributed by atoms with E-state index in [0.717, 1.165) is 0 Å². The van der Waals surface area contributed by atoms with Crippen LogP contribution in [0.25, 0.3) is 0 Å². The molecule has 0 amide bonds. The maximum absolute atomic E-state index is 3.78. The fraction of sp³-hybridized carbons (Fsp3) is 0.857. The normalized spacial score (nSPS) is 11.7. The number of rotatable bonds is 10. The van der Waals surface area contributed by atoms with E-state index >= 15 is 0 Å². The summed E-state index contributed by atoms with van der Waals surface area (Å²) < 4.78 is 0. The fourth-order valence-corrected chi connectivity index (χ4v) is 3.42. The first-order chi connectivity index (χ1) is 7.24. The Morgan fingerprint density at radius 2 is 1.40 bits per heavy atom. The van der Waals surface area contributed by atoms with Crippen LogP contribution in [0.1, 0.15) is 65.7 Å². The third-order valence-corrected chi connectivity index (χ3v) is 3.88. The summed E-state index contributed by atoms with van der Waals surface area (Å²) in [6, 6.07) is 0. The SMILES string of the molecule is C=CSCCC(CCC)(CCC)CCC. The lowest BCUT2D eigenvalue weighted by molar-refractivity contribution is 0.204. The lowest BCUT2D eigenvalue weighted by Gasteiger charge is -2.33. The van der Waals surface area contributed by atoms with E-state index in [1.807, 2.05) is 17.2 Å². The largest absolute Gasteiger partial charge is 0.135 e. The van der Waals surface area contributed by atoms with Crippen molar-refractivity contribution < 1.29 is 0 Å². The van der Waals surface area contributed by atoms with E-state index in [4.69, 9.17) is 0 Å². The molecule has 0 saturated heterocycles. The molecule has 0 aliphatic rings. The molecule has 0 nitrogen and oxygen atoms in total. The number of thioether (sulfide) groups is 1. The first kappa shape index (κ1) is 15.1. The zero-order valence-electron chi connectivity index (χ0n) is 10.8. The van der Waals surface area contributed by atoms with Crippen LogP contribution in [0.15, 0.2) is 12.0 Å². The van der Waals surface area contributed by atoms with E-state index in [-0.39, 0.29) is 0 Å². The average molecular weight is 228 g/mol. The molecule has 0 radical (unpaired) electrons. The fourth-order valence-electron chi connectivity index (χ4n) is 2.70. The van der Waals surface area contributed by atoms with Crippen LogP contribution in [0.5, 0.6) is 0 Å². The lowest BCUT2D eigenvalue weighted by atomic mass is 9.73. The van der Waals surface area contributed by atoms with Crippen molar-refractivity contribution in [1.82, 2.24) is 0 Å². The summed E-state index contributed by atoms with van der Waals surface area (Å²) in [6.45, 7) is 10.7. The highest BCUT2D eigenvalue weighted by Gasteiger charge is 2.26. The molecule has 0 atom stereocenters. The van der Waals surface area contributed by atoms with Gasteiger partial charge in [0.2, 0.25) is 0 Å². The summed E-state index contributed by atoms with van der Waals surface area (Å²) >= 11 is 1.88. The highest BCUT2D eigenvalue weighted by molar-refractivity contribution is 8.02. The van der Waals surface area contributed by atoms with Crippen LogP contribution in [0.3, 0.4) is 0 Å². The molecule has 0 bridgehead atoms. The summed E-state index contributed by atoms with van der Waals surface area (Å²) in [5.74, 6) is 1.25. The zero-order valence-corrected chi connectivity index (χ0v) is 11.7. The van der Waals surface area contributed by atoms with Gasteiger partial charge >= 0.3 is 0 Å². The smallest absolute Gasteiger partial charge is 0.00209 e. The van der Waals surface area contributed by atoms with Crippen molar-refractivity contribution in [3.63, 3.8) is 0 Å². The van der Waals surface area contributed by atoms with Crippen molar-refractivity contribution in [3.8, 4) is 0 Å². The Kier molecular flexibility index (Phi) is 9.38. The minimum Gasteiger partial charge on any atom is -0.135 e. The van der Waals surface area contributed by atoms with Crippen LogP contribution in [0, 0.1) is 5.41 Å². The summed E-state index contributed by atoms with van der Waals surface area (Å²) in [5, 5.41) is 1.98. The molecule has 0 spiro atoms. The molecule has 0 aromatic rings. The van der Waals surface area contributed by atoms with Crippen molar-refractivity contribution in [2.24, 2.45) is 5.41 Å². The molecule has 0 aromatic heterocycles. The van der Waals surface area contributed by atoms with E-state index in [1.165, 1.54) is 50.7 Å². The first-order valence-electron chi connectivity index (χ1n) is 6.47. The quantitative estimate of drug-likeness (QED) is 0.436. The molecule has 0 N–H and O–H groups in total. The predicted octanol–water partition coefficient (Wildman–Crippen LogP) is 5.64. The van der Waals surface area contributed by atoms with Gasteiger partial charge in [0.15, 0.2) is 0 Å². The Bertz CT molecular complexity index is 134. The Morgan fingerprint density at radius 1 is 0.933 bits per heavy atom. The molecular formula is C14H28S. The number of hydrogen-bond donors (Lipinski definition) is 0. The van der Waals surface area contributed by atoms with Crippen LogP contribution < -0.4 is 0 Å². The molecule has 0 aromatic carbocycles. The van der Waals surface area contributed by atoms with Gasteiger partial charge in [0.25, 0.3) is 0 Å². The van der Waals surface area contributed by atoms with Gasteiger partial charge in [-0.2, -0.15) is 0 Å². The van der Waals surface area contributed by atoms with Gasteiger partial charge in [-0.25, -0.2) is 0 Å². The van der Waals surface area contributed by atoms with Crippen LogP contribution in [0.2, 0.25) is 0 Å². The molecule has 0 unspecified atom stereocenters. The molecule has 90 valence electrons. The summed E-state index contributed by atoms with van der Waals surface area (Å²) in [7, 11) is 0. The Balaban J connectivity index is 4.24. The van der Waals surface area contributed by atoms with Crippen molar-refractivity contribution in [2.75, 3.05) is 5.75 Å². The van der Waals surface area contributed by atoms with Gasteiger partial charge < -0.3 is 0 Å². The van der Waals surface area contributed by atoms with Crippen molar-refractivity contribution in [1.29, 1.82) is 0 Å². The van der Waals surface area contributed by atoms with Crippen molar-refractivity contribution in [2.45, 2.75) is 65.7 Å². The zero-order chi connectivity index (χ0) is 11.6. The molecule has 0 fully saturated rings. The van der Waals surface area contributed by atoms with E-state index in [2.05, 4.69) is 27.4 Å². The number of hydrogen-bond acceptors (Lipinski definition) is 1. The van der Waals surface area contributed by atoms with Gasteiger partial charge in [-0.1, -0.05) is 46.6 Å². The second-order valence-electron chi connectivity index (χ2n) is 4.54. The van der Waals surface area contributed by atoms with E-state index in [9.17, 15) is 0 Å². The Morgan fingerprint density at radius 3 is 1.73 bits per heavy atom. The predicted molar refractivity (Wildman–Crippen MR) is 74.4 cm³/mol. The van der Waals surface area contributed by atoms with Crippen LogP contribution in [-0.4, -0.2) is 5.75 Å². The topological polar surface area (TPSA) is 0 Å². The molecule has 0 aliphatic carbocycles. The minimum atomic E-state index is 0.633. The van der Waals surface area contributed by atoms with E-state index in [1.54, 1.807) is 0 Å². The standard InChI is InChI=1S/C14H28S/c1-5-9-14(10-6-2,11-7-3)12-13-15-8-4/h8H,4-7,9-13H2,1-3H3.